The molecule has 0 aliphatic carbocycles. The van der Waals surface area contributed by atoms with Crippen LogP contribution < -0.4 is 5.32 Å². The molecule has 0 atom stereocenters. The third kappa shape index (κ3) is 4.79. The summed E-state index contributed by atoms with van der Waals surface area (Å²) in [6, 6.07) is 8.94. The molecule has 1 amide bonds. The van der Waals surface area contributed by atoms with Crippen molar-refractivity contribution in [3.63, 3.8) is 0 Å². The van der Waals surface area contributed by atoms with Crippen molar-refractivity contribution < 1.29 is 4.79 Å². The van der Waals surface area contributed by atoms with Gasteiger partial charge in [0.05, 0.1) is 0 Å². The van der Waals surface area contributed by atoms with Gasteiger partial charge in [-0.05, 0) is 45.1 Å². The molecule has 0 aliphatic rings. The van der Waals surface area contributed by atoms with Gasteiger partial charge in [-0.1, -0.05) is 18.2 Å². The standard InChI is InChI=1S/C14H19N3OS/c1-4-17(5-2)11(3)15-14(19)16-13(18)12-9-7-6-8-10-12/h6-10H,4-5H2,1-3H3,(H,16,18,19)/b15-11+. The maximum absolute atomic E-state index is 11.9. The lowest BCUT2D eigenvalue weighted by atomic mass is 10.2. The highest BCUT2D eigenvalue weighted by Crippen LogP contribution is 1.98. The van der Waals surface area contributed by atoms with E-state index in [2.05, 4.69) is 15.2 Å². The monoisotopic (exact) mass is 277 g/mol. The van der Waals surface area contributed by atoms with E-state index < -0.39 is 0 Å². The molecule has 4 nitrogen and oxygen atoms in total. The van der Waals surface area contributed by atoms with Gasteiger partial charge >= 0.3 is 0 Å². The van der Waals surface area contributed by atoms with E-state index >= 15 is 0 Å². The van der Waals surface area contributed by atoms with Crippen molar-refractivity contribution in [2.45, 2.75) is 20.8 Å². The number of thiocarbonyl (C=S) groups is 1. The Labute approximate surface area is 119 Å². The van der Waals surface area contributed by atoms with Crippen molar-refractivity contribution >= 4 is 29.1 Å². The normalized spacial score (nSPS) is 11.0. The average Bonchev–Trinajstić information content (AvgIpc) is 2.40. The van der Waals surface area contributed by atoms with Gasteiger partial charge in [0.2, 0.25) is 5.11 Å². The van der Waals surface area contributed by atoms with Crippen molar-refractivity contribution in [2.24, 2.45) is 4.99 Å². The van der Waals surface area contributed by atoms with Gasteiger partial charge in [0.1, 0.15) is 5.84 Å². The number of nitrogens with zero attached hydrogens (tertiary/aromatic N) is 2. The van der Waals surface area contributed by atoms with Crippen LogP contribution in [-0.4, -0.2) is 34.8 Å². The summed E-state index contributed by atoms with van der Waals surface area (Å²) in [5, 5.41) is 2.80. The van der Waals surface area contributed by atoms with Crippen LogP contribution in [0.4, 0.5) is 0 Å². The Hall–Kier alpha value is -1.75. The van der Waals surface area contributed by atoms with E-state index in [0.717, 1.165) is 18.9 Å². The fourth-order valence-corrected chi connectivity index (χ4v) is 1.91. The van der Waals surface area contributed by atoms with E-state index in [0.29, 0.717) is 5.56 Å². The Balaban J connectivity index is 2.65. The molecule has 0 saturated heterocycles. The smallest absolute Gasteiger partial charge is 0.257 e. The molecule has 0 spiro atoms. The molecule has 5 heteroatoms. The van der Waals surface area contributed by atoms with E-state index in [1.54, 1.807) is 12.1 Å². The number of carbonyl (C=O) groups excluding carboxylic acids is 1. The summed E-state index contributed by atoms with van der Waals surface area (Å²) in [5.74, 6) is 0.574. The summed E-state index contributed by atoms with van der Waals surface area (Å²) in [7, 11) is 0. The second-order valence-electron chi connectivity index (χ2n) is 3.96. The van der Waals surface area contributed by atoms with Crippen LogP contribution in [0.5, 0.6) is 0 Å². The Morgan fingerprint density at radius 1 is 1.26 bits per heavy atom. The van der Waals surface area contributed by atoms with Crippen molar-refractivity contribution in [1.82, 2.24) is 10.2 Å². The Morgan fingerprint density at radius 2 is 1.84 bits per heavy atom. The first kappa shape index (κ1) is 15.3. The number of carbonyl (C=O) groups is 1. The molecule has 0 fully saturated rings. The van der Waals surface area contributed by atoms with Gasteiger partial charge in [-0.25, -0.2) is 4.99 Å². The van der Waals surface area contributed by atoms with Crippen molar-refractivity contribution in [1.29, 1.82) is 0 Å². The molecule has 1 rings (SSSR count). The molecule has 19 heavy (non-hydrogen) atoms. The molecule has 0 heterocycles. The Morgan fingerprint density at radius 3 is 2.37 bits per heavy atom. The van der Waals surface area contributed by atoms with E-state index in [1.165, 1.54) is 0 Å². The minimum absolute atomic E-state index is 0.193. The fourth-order valence-electron chi connectivity index (χ4n) is 1.69. The van der Waals surface area contributed by atoms with Crippen molar-refractivity contribution in [3.05, 3.63) is 35.9 Å². The molecule has 0 saturated carbocycles. The fraction of sp³-hybridized carbons (Fsp3) is 0.357. The molecule has 0 unspecified atom stereocenters. The van der Waals surface area contributed by atoms with Gasteiger partial charge < -0.3 is 4.90 Å². The molecule has 0 aromatic heterocycles. The number of nitrogens with one attached hydrogen (secondary N) is 1. The zero-order valence-electron chi connectivity index (χ0n) is 11.5. The summed E-state index contributed by atoms with van der Waals surface area (Å²) in [6.45, 7) is 7.71. The number of amidine groups is 1. The zero-order valence-corrected chi connectivity index (χ0v) is 12.3. The highest BCUT2D eigenvalue weighted by Gasteiger charge is 2.07. The lowest BCUT2D eigenvalue weighted by Gasteiger charge is -2.20. The molecule has 102 valence electrons. The van der Waals surface area contributed by atoms with Crippen molar-refractivity contribution in [2.75, 3.05) is 13.1 Å². The minimum Gasteiger partial charge on any atom is -0.361 e. The third-order valence-corrected chi connectivity index (χ3v) is 2.93. The van der Waals surface area contributed by atoms with Gasteiger partial charge in [-0.2, -0.15) is 0 Å². The topological polar surface area (TPSA) is 44.7 Å². The van der Waals surface area contributed by atoms with Gasteiger partial charge in [-0.15, -0.1) is 0 Å². The van der Waals surface area contributed by atoms with Crippen LogP contribution in [0.15, 0.2) is 35.3 Å². The van der Waals surface area contributed by atoms with Gasteiger partial charge in [-0.3, -0.25) is 10.1 Å². The number of aliphatic imine (C=N–C) groups is 1. The van der Waals surface area contributed by atoms with E-state index in [4.69, 9.17) is 12.2 Å². The van der Waals surface area contributed by atoms with Crippen LogP contribution in [0, 0.1) is 0 Å². The first-order valence-corrected chi connectivity index (χ1v) is 6.69. The molecule has 0 radical (unpaired) electrons. The zero-order chi connectivity index (χ0) is 14.3. The van der Waals surface area contributed by atoms with Gasteiger partial charge in [0.25, 0.3) is 5.91 Å². The second-order valence-corrected chi connectivity index (χ2v) is 4.34. The molecular formula is C14H19N3OS. The molecule has 1 aromatic rings. The third-order valence-electron chi connectivity index (χ3n) is 2.74. The summed E-state index contributed by atoms with van der Waals surface area (Å²) in [4.78, 5) is 18.2. The van der Waals surface area contributed by atoms with E-state index in [9.17, 15) is 4.79 Å². The molecule has 1 N–H and O–H groups in total. The summed E-state index contributed by atoms with van der Waals surface area (Å²) in [5.41, 5.74) is 0.570. The highest BCUT2D eigenvalue weighted by molar-refractivity contribution is 7.80. The molecular weight excluding hydrogens is 258 g/mol. The number of rotatable bonds is 3. The maximum Gasteiger partial charge on any atom is 0.257 e. The lowest BCUT2D eigenvalue weighted by molar-refractivity contribution is 0.0977. The van der Waals surface area contributed by atoms with Crippen LogP contribution in [0.25, 0.3) is 0 Å². The maximum atomic E-state index is 11.9. The summed E-state index contributed by atoms with van der Waals surface area (Å²) < 4.78 is 0. The Bertz CT molecular complexity index is 467. The number of hydrogen-bond acceptors (Lipinski definition) is 2. The van der Waals surface area contributed by atoms with Crippen LogP contribution in [0.3, 0.4) is 0 Å². The first-order chi connectivity index (χ1) is 9.08. The number of hydrogen-bond donors (Lipinski definition) is 1. The number of amides is 1. The quantitative estimate of drug-likeness (QED) is 0.524. The van der Waals surface area contributed by atoms with Crippen LogP contribution >= 0.6 is 12.2 Å². The average molecular weight is 277 g/mol. The summed E-state index contributed by atoms with van der Waals surface area (Å²) >= 11 is 5.08. The minimum atomic E-state index is -0.235. The van der Waals surface area contributed by atoms with Gasteiger partial charge in [0.15, 0.2) is 0 Å². The largest absolute Gasteiger partial charge is 0.361 e. The molecule has 1 aromatic carbocycles. The van der Waals surface area contributed by atoms with Gasteiger partial charge in [0, 0.05) is 18.7 Å². The SMILES string of the molecule is CCN(CC)/C(C)=N/C(=S)NC(=O)c1ccccc1. The number of benzene rings is 1. The molecule has 0 aliphatic heterocycles. The van der Waals surface area contributed by atoms with Crippen LogP contribution in [0.1, 0.15) is 31.1 Å². The van der Waals surface area contributed by atoms with E-state index in [-0.39, 0.29) is 11.0 Å². The van der Waals surface area contributed by atoms with Crippen LogP contribution in [-0.2, 0) is 0 Å². The molecule has 0 bridgehead atoms. The first-order valence-electron chi connectivity index (χ1n) is 6.29. The predicted molar refractivity (Wildman–Crippen MR) is 82.5 cm³/mol. The highest BCUT2D eigenvalue weighted by atomic mass is 32.1. The Kier molecular flexibility index (Phi) is 6.15. The lowest BCUT2D eigenvalue weighted by Crippen LogP contribution is -2.33. The second kappa shape index (κ2) is 7.63. The summed E-state index contributed by atoms with van der Waals surface area (Å²) in [6.07, 6.45) is 0. The predicted octanol–water partition coefficient (Wildman–Crippen LogP) is 2.46. The van der Waals surface area contributed by atoms with E-state index in [1.807, 2.05) is 39.0 Å². The van der Waals surface area contributed by atoms with Crippen molar-refractivity contribution in [3.8, 4) is 0 Å². The van der Waals surface area contributed by atoms with Crippen LogP contribution in [0.2, 0.25) is 0 Å².